The van der Waals surface area contributed by atoms with E-state index in [1.165, 1.54) is 50.7 Å². The molecule has 1 aromatic rings. The van der Waals surface area contributed by atoms with E-state index >= 15 is 0 Å². The molecule has 2 nitrogen and oxygen atoms in total. The predicted molar refractivity (Wildman–Crippen MR) is 104 cm³/mol. The normalized spacial score (nSPS) is 28.6. The highest BCUT2D eigenvalue weighted by Crippen LogP contribution is 2.41. The molecule has 3 rings (SSSR count). The number of hydrogen-bond donors (Lipinski definition) is 0. The van der Waals surface area contributed by atoms with E-state index < -0.39 is 11.6 Å². The first-order valence-electron chi connectivity index (χ1n) is 10.5. The van der Waals surface area contributed by atoms with Gasteiger partial charge in [-0.05, 0) is 94.1 Å². The molecule has 0 N–H and O–H groups in total. The Kier molecular flexibility index (Phi) is 7.14. The quantitative estimate of drug-likeness (QED) is 0.501. The molecule has 0 saturated heterocycles. The molecule has 0 spiro atoms. The second-order valence-electron chi connectivity index (χ2n) is 8.13. The minimum Gasteiger partial charge on any atom is -0.491 e. The van der Waals surface area contributed by atoms with Gasteiger partial charge in [0.1, 0.15) is 0 Å². The van der Waals surface area contributed by atoms with Crippen LogP contribution >= 0.6 is 0 Å². The zero-order valence-electron chi connectivity index (χ0n) is 16.4. The first-order valence-corrected chi connectivity index (χ1v) is 10.5. The van der Waals surface area contributed by atoms with Gasteiger partial charge in [0, 0.05) is 0 Å². The fourth-order valence-corrected chi connectivity index (χ4v) is 4.78. The summed E-state index contributed by atoms with van der Waals surface area (Å²) in [5.74, 6) is 0.847. The standard InChI is InChI=1S/C23H32F2O2/c1-3-16-5-9-18(10-6-16)19-11-7-17(8-12-19)15-27-21-14-13-20(26-4-2)22(24)23(21)25/h3,13-14,16-19H,1,4-12,15H2,2H3/t16-,17?,18-,19?. The van der Waals surface area contributed by atoms with Gasteiger partial charge in [0.2, 0.25) is 11.6 Å². The maximum absolute atomic E-state index is 14.1. The summed E-state index contributed by atoms with van der Waals surface area (Å²) in [5, 5.41) is 0. The molecule has 2 fully saturated rings. The summed E-state index contributed by atoms with van der Waals surface area (Å²) < 4.78 is 38.7. The molecule has 4 heteroatoms. The van der Waals surface area contributed by atoms with Crippen LogP contribution in [0.25, 0.3) is 0 Å². The van der Waals surface area contributed by atoms with Crippen molar-refractivity contribution >= 4 is 0 Å². The van der Waals surface area contributed by atoms with E-state index in [0.29, 0.717) is 19.1 Å². The highest BCUT2D eigenvalue weighted by Gasteiger charge is 2.30. The van der Waals surface area contributed by atoms with Crippen molar-refractivity contribution < 1.29 is 18.3 Å². The van der Waals surface area contributed by atoms with Crippen LogP contribution in [-0.4, -0.2) is 13.2 Å². The van der Waals surface area contributed by atoms with Crippen molar-refractivity contribution in [2.24, 2.45) is 23.7 Å². The summed E-state index contributed by atoms with van der Waals surface area (Å²) in [5.41, 5.74) is 0. The molecule has 0 heterocycles. The van der Waals surface area contributed by atoms with Crippen LogP contribution in [0.15, 0.2) is 24.8 Å². The molecular formula is C23H32F2O2. The van der Waals surface area contributed by atoms with E-state index in [-0.39, 0.29) is 11.5 Å². The van der Waals surface area contributed by atoms with E-state index in [1.807, 2.05) is 0 Å². The number of ether oxygens (including phenoxy) is 2. The highest BCUT2D eigenvalue weighted by molar-refractivity contribution is 5.35. The van der Waals surface area contributed by atoms with Crippen molar-refractivity contribution in [3.05, 3.63) is 36.4 Å². The number of allylic oxidation sites excluding steroid dienone is 1. The summed E-state index contributed by atoms with van der Waals surface area (Å²) in [4.78, 5) is 0. The fraction of sp³-hybridized carbons (Fsp3) is 0.652. The molecule has 0 unspecified atom stereocenters. The molecule has 2 aliphatic rings. The van der Waals surface area contributed by atoms with Gasteiger partial charge in [-0.15, -0.1) is 6.58 Å². The van der Waals surface area contributed by atoms with Gasteiger partial charge < -0.3 is 9.47 Å². The second-order valence-corrected chi connectivity index (χ2v) is 8.13. The van der Waals surface area contributed by atoms with Crippen LogP contribution < -0.4 is 9.47 Å². The Bertz CT molecular complexity index is 615. The summed E-state index contributed by atoms with van der Waals surface area (Å²) in [6, 6.07) is 2.90. The van der Waals surface area contributed by atoms with Crippen LogP contribution in [0.1, 0.15) is 58.3 Å². The molecule has 2 saturated carbocycles. The second kappa shape index (κ2) is 9.57. The van der Waals surface area contributed by atoms with Crippen molar-refractivity contribution in [2.75, 3.05) is 13.2 Å². The Morgan fingerprint density at radius 3 is 1.93 bits per heavy atom. The third kappa shape index (κ3) is 5.03. The molecule has 1 aromatic carbocycles. The van der Waals surface area contributed by atoms with E-state index in [2.05, 4.69) is 12.7 Å². The molecule has 0 aliphatic heterocycles. The minimum absolute atomic E-state index is 0.0131. The van der Waals surface area contributed by atoms with Gasteiger partial charge in [-0.3, -0.25) is 0 Å². The molecule has 0 amide bonds. The molecule has 150 valence electrons. The third-order valence-corrected chi connectivity index (χ3v) is 6.49. The molecule has 0 atom stereocenters. The Morgan fingerprint density at radius 2 is 1.41 bits per heavy atom. The average molecular weight is 379 g/mol. The zero-order chi connectivity index (χ0) is 19.2. The van der Waals surface area contributed by atoms with Gasteiger partial charge in [-0.25, -0.2) is 0 Å². The molecule has 0 aromatic heterocycles. The molecule has 2 aliphatic carbocycles. The van der Waals surface area contributed by atoms with Gasteiger partial charge in [-0.1, -0.05) is 6.08 Å². The average Bonchev–Trinajstić information content (AvgIpc) is 2.71. The monoisotopic (exact) mass is 378 g/mol. The fourth-order valence-electron chi connectivity index (χ4n) is 4.78. The van der Waals surface area contributed by atoms with E-state index in [4.69, 9.17) is 9.47 Å². The van der Waals surface area contributed by atoms with Gasteiger partial charge in [0.15, 0.2) is 11.5 Å². The number of halogens is 2. The summed E-state index contributed by atoms with van der Waals surface area (Å²) in [6.45, 7) is 6.43. The zero-order valence-corrected chi connectivity index (χ0v) is 16.4. The molecule has 0 radical (unpaired) electrons. The van der Waals surface area contributed by atoms with E-state index in [9.17, 15) is 8.78 Å². The molecule has 27 heavy (non-hydrogen) atoms. The maximum Gasteiger partial charge on any atom is 0.204 e. The van der Waals surface area contributed by atoms with Crippen LogP contribution in [0.2, 0.25) is 0 Å². The predicted octanol–water partition coefficient (Wildman–Crippen LogP) is 6.54. The summed E-state index contributed by atoms with van der Waals surface area (Å²) in [7, 11) is 0. The first-order chi connectivity index (χ1) is 13.1. The first kappa shape index (κ1) is 20.2. The van der Waals surface area contributed by atoms with Crippen molar-refractivity contribution in [1.82, 2.24) is 0 Å². The van der Waals surface area contributed by atoms with Crippen LogP contribution in [-0.2, 0) is 0 Å². The summed E-state index contributed by atoms with van der Waals surface area (Å²) >= 11 is 0. The lowest BCUT2D eigenvalue weighted by Gasteiger charge is -2.37. The lowest BCUT2D eigenvalue weighted by molar-refractivity contribution is 0.127. The van der Waals surface area contributed by atoms with Crippen LogP contribution in [0.3, 0.4) is 0 Å². The highest BCUT2D eigenvalue weighted by atomic mass is 19.2. The van der Waals surface area contributed by atoms with Crippen molar-refractivity contribution in [3.63, 3.8) is 0 Å². The van der Waals surface area contributed by atoms with Gasteiger partial charge in [0.05, 0.1) is 13.2 Å². The van der Waals surface area contributed by atoms with Gasteiger partial charge in [0.25, 0.3) is 0 Å². The van der Waals surface area contributed by atoms with E-state index in [1.54, 1.807) is 6.92 Å². The number of rotatable bonds is 7. The van der Waals surface area contributed by atoms with Crippen molar-refractivity contribution in [2.45, 2.75) is 58.3 Å². The Hall–Kier alpha value is -1.58. The van der Waals surface area contributed by atoms with Crippen molar-refractivity contribution in [3.8, 4) is 11.5 Å². The molecular weight excluding hydrogens is 346 g/mol. The number of benzene rings is 1. The Balaban J connectivity index is 1.45. The maximum atomic E-state index is 14.1. The third-order valence-electron chi connectivity index (χ3n) is 6.49. The smallest absolute Gasteiger partial charge is 0.204 e. The Morgan fingerprint density at radius 1 is 0.889 bits per heavy atom. The van der Waals surface area contributed by atoms with Gasteiger partial charge in [-0.2, -0.15) is 8.78 Å². The summed E-state index contributed by atoms with van der Waals surface area (Å²) in [6.07, 6.45) is 12.1. The van der Waals surface area contributed by atoms with Crippen LogP contribution in [0, 0.1) is 35.3 Å². The lowest BCUT2D eigenvalue weighted by Crippen LogP contribution is -2.27. The Labute approximate surface area is 161 Å². The minimum atomic E-state index is -0.965. The lowest BCUT2D eigenvalue weighted by atomic mass is 9.69. The van der Waals surface area contributed by atoms with Crippen molar-refractivity contribution in [1.29, 1.82) is 0 Å². The van der Waals surface area contributed by atoms with Crippen LogP contribution in [0.5, 0.6) is 11.5 Å². The van der Waals surface area contributed by atoms with Gasteiger partial charge >= 0.3 is 0 Å². The SMILES string of the molecule is C=C[C@H]1CC[C@H](C2CCC(COc3ccc(OCC)c(F)c3F)CC2)CC1. The van der Waals surface area contributed by atoms with Crippen LogP contribution in [0.4, 0.5) is 8.78 Å². The number of hydrogen-bond acceptors (Lipinski definition) is 2. The topological polar surface area (TPSA) is 18.5 Å². The van der Waals surface area contributed by atoms with E-state index in [0.717, 1.165) is 30.6 Å². The molecule has 0 bridgehead atoms. The largest absolute Gasteiger partial charge is 0.491 e.